The normalized spacial score (nSPS) is 19.0. The van der Waals surface area contributed by atoms with E-state index in [2.05, 4.69) is 13.2 Å². The molecule has 0 spiro atoms. The lowest BCUT2D eigenvalue weighted by molar-refractivity contribution is 0.0274. The van der Waals surface area contributed by atoms with Crippen LogP contribution in [-0.4, -0.2) is 141 Å². The van der Waals surface area contributed by atoms with Gasteiger partial charge in [-0.2, -0.15) is 0 Å². The summed E-state index contributed by atoms with van der Waals surface area (Å²) in [4.78, 5) is 63.3. The van der Waals surface area contributed by atoms with Crippen LogP contribution in [0.3, 0.4) is 0 Å². The molecule has 18 nitrogen and oxygen atoms in total. The number of fused-ring (bicyclic) bond motifs is 4. The van der Waals surface area contributed by atoms with Gasteiger partial charge in [-0.15, -0.1) is 0 Å². The molecular formula is C55H60N4O14. The monoisotopic (exact) mass is 1000 g/mol. The third-order valence-electron chi connectivity index (χ3n) is 13.1. The van der Waals surface area contributed by atoms with E-state index in [0.29, 0.717) is 43.9 Å². The zero-order chi connectivity index (χ0) is 51.8. The van der Waals surface area contributed by atoms with Gasteiger partial charge in [0, 0.05) is 45.9 Å². The van der Waals surface area contributed by atoms with Crippen LogP contribution in [0.2, 0.25) is 0 Å². The number of methoxy groups -OCH3 is 6. The van der Waals surface area contributed by atoms with E-state index in [0.717, 1.165) is 22.3 Å². The van der Waals surface area contributed by atoms with Crippen LogP contribution in [0.15, 0.2) is 110 Å². The molecule has 4 aliphatic heterocycles. The Kier molecular flexibility index (Phi) is 16.2. The van der Waals surface area contributed by atoms with Crippen LogP contribution in [0.5, 0.6) is 34.5 Å². The Labute approximate surface area is 424 Å². The summed E-state index contributed by atoms with van der Waals surface area (Å²) in [5.74, 6) is 1.73. The number of hydrogen-bond donors (Lipinski definition) is 0. The van der Waals surface area contributed by atoms with Crippen LogP contribution >= 0.6 is 0 Å². The first-order valence-corrected chi connectivity index (χ1v) is 23.7. The minimum absolute atomic E-state index is 0.0808. The molecule has 4 atom stereocenters. The van der Waals surface area contributed by atoms with Gasteiger partial charge in [0.15, 0.2) is 35.5 Å². The first-order valence-electron chi connectivity index (χ1n) is 23.7. The summed E-state index contributed by atoms with van der Waals surface area (Å²) in [5, 5.41) is 0. The van der Waals surface area contributed by atoms with Gasteiger partial charge in [0.2, 0.25) is 0 Å². The maximum Gasteiger partial charge on any atom is 0.416 e. The average Bonchev–Trinajstić information content (AvgIpc) is 3.59. The lowest BCUT2D eigenvalue weighted by Crippen LogP contribution is -2.55. The lowest BCUT2D eigenvalue weighted by Gasteiger charge is -2.39. The van der Waals surface area contributed by atoms with E-state index >= 15 is 0 Å². The maximum atomic E-state index is 14.6. The number of anilines is 2. The fraction of sp³-hybridized carbons (Fsp3) is 0.345. The van der Waals surface area contributed by atoms with E-state index in [4.69, 9.17) is 47.4 Å². The van der Waals surface area contributed by atoms with E-state index < -0.39 is 36.7 Å². The first-order chi connectivity index (χ1) is 35.5. The number of amides is 4. The van der Waals surface area contributed by atoms with E-state index in [1.165, 1.54) is 50.4 Å². The molecule has 0 bridgehead atoms. The van der Waals surface area contributed by atoms with E-state index in [-0.39, 0.29) is 83.7 Å². The molecule has 0 aliphatic carbocycles. The van der Waals surface area contributed by atoms with Crippen molar-refractivity contribution in [1.82, 2.24) is 9.80 Å². The van der Waals surface area contributed by atoms with Crippen molar-refractivity contribution in [3.8, 4) is 34.5 Å². The Morgan fingerprint density at radius 3 is 1.30 bits per heavy atom. The number of benzene rings is 4. The molecule has 0 fully saturated rings. The SMILES string of the molecule is C=CCOC(=O)N1c2cc(OCCCOc3cc4c(cc3OC)C(=O)N3CCC(c5ccc(OC)cc5)=C[C@H]3C(OC)N4C(=O)OCC=C)c(OC)cc2C(=O)N2CCC(c3ccc(OC)cc3)=C[C@H]2C1OC. The minimum atomic E-state index is -1.01. The van der Waals surface area contributed by atoms with Gasteiger partial charge in [-0.1, -0.05) is 61.7 Å². The third-order valence-corrected chi connectivity index (χ3v) is 13.1. The van der Waals surface area contributed by atoms with Gasteiger partial charge in [-0.05, 0) is 71.5 Å². The summed E-state index contributed by atoms with van der Waals surface area (Å²) in [5.41, 5.74) is 4.61. The highest BCUT2D eigenvalue weighted by Crippen LogP contribution is 2.44. The number of nitrogens with zero attached hydrogens (tertiary/aromatic N) is 4. The molecule has 18 heteroatoms. The minimum Gasteiger partial charge on any atom is -0.497 e. The molecule has 0 saturated heterocycles. The lowest BCUT2D eigenvalue weighted by atomic mass is 9.94. The van der Waals surface area contributed by atoms with E-state index in [1.54, 1.807) is 48.3 Å². The Hall–Kier alpha value is -7.96. The predicted molar refractivity (Wildman–Crippen MR) is 272 cm³/mol. The van der Waals surface area contributed by atoms with Crippen molar-refractivity contribution in [2.75, 3.05) is 92.0 Å². The smallest absolute Gasteiger partial charge is 0.416 e. The quantitative estimate of drug-likeness (QED) is 0.0687. The number of rotatable bonds is 18. The molecule has 2 unspecified atom stereocenters. The van der Waals surface area contributed by atoms with Gasteiger partial charge in [-0.25, -0.2) is 19.4 Å². The second kappa shape index (κ2) is 23.1. The van der Waals surface area contributed by atoms with Crippen molar-refractivity contribution in [1.29, 1.82) is 0 Å². The highest BCUT2D eigenvalue weighted by atomic mass is 16.6. The van der Waals surface area contributed by atoms with Gasteiger partial charge in [0.05, 0.1) is 76.2 Å². The Balaban J connectivity index is 1.05. The van der Waals surface area contributed by atoms with Crippen molar-refractivity contribution >= 4 is 46.5 Å². The van der Waals surface area contributed by atoms with Gasteiger partial charge < -0.3 is 57.2 Å². The van der Waals surface area contributed by atoms with Crippen molar-refractivity contribution in [3.05, 3.63) is 133 Å². The molecule has 0 aromatic heterocycles. The molecule has 384 valence electrons. The highest BCUT2D eigenvalue weighted by Gasteiger charge is 2.47. The Morgan fingerprint density at radius 2 is 0.959 bits per heavy atom. The summed E-state index contributed by atoms with van der Waals surface area (Å²) in [6, 6.07) is 20.1. The summed E-state index contributed by atoms with van der Waals surface area (Å²) in [7, 11) is 9.08. The number of carbonyl (C=O) groups is 4. The number of ether oxygens (including phenoxy) is 10. The summed E-state index contributed by atoms with van der Waals surface area (Å²) < 4.78 is 58.3. The van der Waals surface area contributed by atoms with Crippen molar-refractivity contribution in [3.63, 3.8) is 0 Å². The van der Waals surface area contributed by atoms with Gasteiger partial charge in [0.25, 0.3) is 11.8 Å². The summed E-state index contributed by atoms with van der Waals surface area (Å²) in [6.07, 6.45) is 4.68. The van der Waals surface area contributed by atoms with Crippen LogP contribution < -0.4 is 38.2 Å². The number of hydrogen-bond acceptors (Lipinski definition) is 14. The second-order valence-electron chi connectivity index (χ2n) is 17.1. The van der Waals surface area contributed by atoms with Gasteiger partial charge in [-0.3, -0.25) is 9.59 Å². The topological polar surface area (TPSA) is 174 Å². The fourth-order valence-corrected chi connectivity index (χ4v) is 9.57. The van der Waals surface area contributed by atoms with Gasteiger partial charge >= 0.3 is 12.2 Å². The summed E-state index contributed by atoms with van der Waals surface area (Å²) in [6.45, 7) is 8.07. The molecule has 4 amide bonds. The first kappa shape index (κ1) is 51.4. The Bertz CT molecular complexity index is 2590. The molecule has 4 aromatic carbocycles. The second-order valence-corrected chi connectivity index (χ2v) is 17.1. The van der Waals surface area contributed by atoms with Crippen LogP contribution in [0.1, 0.15) is 51.1 Å². The molecule has 0 radical (unpaired) electrons. The van der Waals surface area contributed by atoms with Crippen LogP contribution in [-0.2, 0) is 18.9 Å². The number of carbonyl (C=O) groups excluding carboxylic acids is 4. The fourth-order valence-electron chi connectivity index (χ4n) is 9.57. The highest BCUT2D eigenvalue weighted by molar-refractivity contribution is 6.07. The third kappa shape index (κ3) is 10.4. The predicted octanol–water partition coefficient (Wildman–Crippen LogP) is 8.40. The van der Waals surface area contributed by atoms with Crippen molar-refractivity contribution in [2.45, 2.75) is 43.8 Å². The molecule has 4 aliphatic rings. The van der Waals surface area contributed by atoms with Crippen molar-refractivity contribution < 1.29 is 66.5 Å². The zero-order valence-electron chi connectivity index (χ0n) is 41.8. The molecule has 73 heavy (non-hydrogen) atoms. The van der Waals surface area contributed by atoms with E-state index in [1.807, 2.05) is 60.7 Å². The molecule has 4 aromatic rings. The zero-order valence-corrected chi connectivity index (χ0v) is 41.8. The standard InChI is InChI=1S/C55H60N4O14/c1-9-24-72-54(62)58-42-32-48(46(66-5)30-40(42)50(60)56-22-20-36(28-44(56)52(58)68-7)34-12-16-38(64-3)17-13-34)70-26-11-27-71-49-33-43-41(31-47(49)67-6)51(61)57-23-21-37(35-14-18-39(65-4)19-15-35)29-45(57)53(69-8)59(43)55(63)73-25-10-2/h9-10,12-19,28-33,44-45,52-53H,1-2,11,20-27H2,3-8H3/t44-,45-,52?,53?/m0/s1. The molecule has 8 rings (SSSR count). The maximum absolute atomic E-state index is 14.6. The van der Waals surface area contributed by atoms with Crippen LogP contribution in [0.4, 0.5) is 21.0 Å². The van der Waals surface area contributed by atoms with E-state index in [9.17, 15) is 19.2 Å². The summed E-state index contributed by atoms with van der Waals surface area (Å²) >= 11 is 0. The molecule has 0 N–H and O–H groups in total. The van der Waals surface area contributed by atoms with Gasteiger partial charge in [0.1, 0.15) is 24.7 Å². The molecule has 0 saturated carbocycles. The van der Waals surface area contributed by atoms with Crippen LogP contribution in [0.25, 0.3) is 11.1 Å². The van der Waals surface area contributed by atoms with Crippen molar-refractivity contribution in [2.24, 2.45) is 0 Å². The average molecular weight is 1000 g/mol. The van der Waals surface area contributed by atoms with Crippen LogP contribution in [0, 0.1) is 0 Å². The molecular weight excluding hydrogens is 941 g/mol. The largest absolute Gasteiger partial charge is 0.497 e. The molecule has 4 heterocycles. The Morgan fingerprint density at radius 1 is 0.562 bits per heavy atom.